The maximum atomic E-state index is 10.6. The second kappa shape index (κ2) is 6.33. The molecule has 0 radical (unpaired) electrons. The molecule has 0 spiro atoms. The van der Waals surface area contributed by atoms with Gasteiger partial charge in [-0.05, 0) is 24.1 Å². The van der Waals surface area contributed by atoms with Crippen molar-refractivity contribution in [2.45, 2.75) is 18.9 Å². The summed E-state index contributed by atoms with van der Waals surface area (Å²) in [6.07, 6.45) is -0.608. The van der Waals surface area contributed by atoms with Crippen LogP contribution in [0.15, 0.2) is 53.0 Å². The van der Waals surface area contributed by atoms with E-state index < -0.39 is 6.10 Å². The van der Waals surface area contributed by atoms with Gasteiger partial charge in [0.1, 0.15) is 0 Å². The fourth-order valence-corrected chi connectivity index (χ4v) is 2.71. The van der Waals surface area contributed by atoms with Crippen LogP contribution in [0.2, 0.25) is 0 Å². The summed E-state index contributed by atoms with van der Waals surface area (Å²) in [6, 6.07) is 15.9. The molecule has 3 N–H and O–H groups in total. The average Bonchev–Trinajstić information content (AvgIpc) is 2.42. The highest BCUT2D eigenvalue weighted by Gasteiger charge is 2.22. The molecular formula is C16H18BrNO. The number of aliphatic hydroxyl groups is 1. The van der Waals surface area contributed by atoms with Gasteiger partial charge in [-0.25, -0.2) is 0 Å². The first-order valence-corrected chi connectivity index (χ1v) is 7.12. The van der Waals surface area contributed by atoms with Crippen LogP contribution in [0.1, 0.15) is 28.7 Å². The van der Waals surface area contributed by atoms with E-state index in [0.29, 0.717) is 6.54 Å². The summed E-state index contributed by atoms with van der Waals surface area (Å²) in [5, 5.41) is 10.6. The Kier molecular flexibility index (Phi) is 4.75. The molecule has 0 fully saturated rings. The number of aliphatic hydroxyl groups excluding tert-OH is 1. The summed E-state index contributed by atoms with van der Waals surface area (Å²) in [5.74, 6) is -0.0979. The molecule has 3 heteroatoms. The lowest BCUT2D eigenvalue weighted by molar-refractivity contribution is 0.146. The van der Waals surface area contributed by atoms with Crippen LogP contribution in [0.3, 0.4) is 0 Å². The van der Waals surface area contributed by atoms with E-state index in [1.807, 2.05) is 55.5 Å². The molecule has 2 rings (SSSR count). The molecule has 2 unspecified atom stereocenters. The molecular weight excluding hydrogens is 302 g/mol. The van der Waals surface area contributed by atoms with Crippen molar-refractivity contribution in [3.63, 3.8) is 0 Å². The van der Waals surface area contributed by atoms with Crippen molar-refractivity contribution in [2.75, 3.05) is 6.54 Å². The zero-order valence-electron chi connectivity index (χ0n) is 10.9. The third-order valence-corrected chi connectivity index (χ3v) is 4.09. The zero-order valence-corrected chi connectivity index (χ0v) is 12.5. The summed E-state index contributed by atoms with van der Waals surface area (Å²) in [7, 11) is 0. The van der Waals surface area contributed by atoms with Gasteiger partial charge < -0.3 is 10.8 Å². The summed E-state index contributed by atoms with van der Waals surface area (Å²) in [4.78, 5) is 0. The lowest BCUT2D eigenvalue weighted by atomic mass is 9.89. The Labute approximate surface area is 122 Å². The third kappa shape index (κ3) is 3.24. The molecule has 2 nitrogen and oxygen atoms in total. The van der Waals surface area contributed by atoms with Gasteiger partial charge in [-0.15, -0.1) is 0 Å². The van der Waals surface area contributed by atoms with Crippen LogP contribution in [-0.4, -0.2) is 11.7 Å². The van der Waals surface area contributed by atoms with Crippen molar-refractivity contribution in [2.24, 2.45) is 5.73 Å². The maximum absolute atomic E-state index is 10.6. The first-order chi connectivity index (χ1) is 9.13. The molecule has 0 bridgehead atoms. The highest BCUT2D eigenvalue weighted by Crippen LogP contribution is 2.33. The topological polar surface area (TPSA) is 46.2 Å². The molecule has 0 aliphatic heterocycles. The summed E-state index contributed by atoms with van der Waals surface area (Å²) < 4.78 is 0.910. The smallest absolute Gasteiger partial charge is 0.0881 e. The number of benzene rings is 2. The van der Waals surface area contributed by atoms with E-state index in [2.05, 4.69) is 15.9 Å². The van der Waals surface area contributed by atoms with E-state index in [1.165, 1.54) is 5.56 Å². The van der Waals surface area contributed by atoms with Crippen LogP contribution >= 0.6 is 15.9 Å². The van der Waals surface area contributed by atoms with Crippen LogP contribution < -0.4 is 5.73 Å². The van der Waals surface area contributed by atoms with Crippen molar-refractivity contribution in [3.05, 3.63) is 69.7 Å². The first-order valence-electron chi connectivity index (χ1n) is 6.32. The minimum Gasteiger partial charge on any atom is -0.388 e. The molecule has 0 saturated heterocycles. The fourth-order valence-electron chi connectivity index (χ4n) is 2.19. The number of hydrogen-bond donors (Lipinski definition) is 2. The molecule has 0 amide bonds. The standard InChI is InChI=1S/C16H18BrNO/c1-11-6-8-12(9-7-11)14(10-18)16(19)13-4-2-3-5-15(13)17/h2-9,14,16,19H,10,18H2,1H3. The van der Waals surface area contributed by atoms with Crippen LogP contribution in [0.5, 0.6) is 0 Å². The minimum atomic E-state index is -0.608. The quantitative estimate of drug-likeness (QED) is 0.905. The van der Waals surface area contributed by atoms with Crippen molar-refractivity contribution in [1.82, 2.24) is 0 Å². The highest BCUT2D eigenvalue weighted by atomic mass is 79.9. The SMILES string of the molecule is Cc1ccc(C(CN)C(O)c2ccccc2Br)cc1. The van der Waals surface area contributed by atoms with Crippen molar-refractivity contribution >= 4 is 15.9 Å². The lowest BCUT2D eigenvalue weighted by Gasteiger charge is -2.23. The lowest BCUT2D eigenvalue weighted by Crippen LogP contribution is -2.20. The van der Waals surface area contributed by atoms with E-state index in [9.17, 15) is 5.11 Å². The highest BCUT2D eigenvalue weighted by molar-refractivity contribution is 9.10. The van der Waals surface area contributed by atoms with Crippen LogP contribution in [0.4, 0.5) is 0 Å². The number of aryl methyl sites for hydroxylation is 1. The number of nitrogens with two attached hydrogens (primary N) is 1. The largest absolute Gasteiger partial charge is 0.388 e. The van der Waals surface area contributed by atoms with Crippen LogP contribution in [0.25, 0.3) is 0 Å². The molecule has 0 heterocycles. The number of rotatable bonds is 4. The molecule has 0 aliphatic carbocycles. The van der Waals surface area contributed by atoms with Gasteiger partial charge >= 0.3 is 0 Å². The first kappa shape index (κ1) is 14.3. The Balaban J connectivity index is 2.32. The Morgan fingerprint density at radius 2 is 1.74 bits per heavy atom. The minimum absolute atomic E-state index is 0.0979. The molecule has 0 aromatic heterocycles. The average molecular weight is 320 g/mol. The summed E-state index contributed by atoms with van der Waals surface area (Å²) >= 11 is 3.48. The number of hydrogen-bond acceptors (Lipinski definition) is 2. The van der Waals surface area contributed by atoms with Gasteiger partial charge in [0.2, 0.25) is 0 Å². The zero-order chi connectivity index (χ0) is 13.8. The van der Waals surface area contributed by atoms with Crippen molar-refractivity contribution in [3.8, 4) is 0 Å². The molecule has 100 valence electrons. The molecule has 0 saturated carbocycles. The van der Waals surface area contributed by atoms with Gasteiger partial charge in [-0.2, -0.15) is 0 Å². The maximum Gasteiger partial charge on any atom is 0.0881 e. The van der Waals surface area contributed by atoms with Crippen LogP contribution in [-0.2, 0) is 0 Å². The van der Waals surface area contributed by atoms with E-state index in [4.69, 9.17) is 5.73 Å². The second-order valence-electron chi connectivity index (χ2n) is 4.72. The second-order valence-corrected chi connectivity index (χ2v) is 5.57. The number of halogens is 1. The normalized spacial score (nSPS) is 14.1. The van der Waals surface area contributed by atoms with E-state index in [0.717, 1.165) is 15.6 Å². The van der Waals surface area contributed by atoms with Gasteiger partial charge in [0, 0.05) is 16.9 Å². The Bertz CT molecular complexity index is 539. The molecule has 19 heavy (non-hydrogen) atoms. The van der Waals surface area contributed by atoms with Gasteiger partial charge in [0.15, 0.2) is 0 Å². The predicted octanol–water partition coefficient (Wildman–Crippen LogP) is 3.53. The van der Waals surface area contributed by atoms with Crippen molar-refractivity contribution in [1.29, 1.82) is 0 Å². The van der Waals surface area contributed by atoms with E-state index in [-0.39, 0.29) is 5.92 Å². The van der Waals surface area contributed by atoms with E-state index in [1.54, 1.807) is 0 Å². The van der Waals surface area contributed by atoms with Crippen LogP contribution in [0, 0.1) is 6.92 Å². The van der Waals surface area contributed by atoms with Gasteiger partial charge in [0.05, 0.1) is 6.10 Å². The third-order valence-electron chi connectivity index (χ3n) is 3.36. The fraction of sp³-hybridized carbons (Fsp3) is 0.250. The predicted molar refractivity (Wildman–Crippen MR) is 82.1 cm³/mol. The Morgan fingerprint density at radius 3 is 2.32 bits per heavy atom. The Hall–Kier alpha value is -1.16. The van der Waals surface area contributed by atoms with Crippen molar-refractivity contribution < 1.29 is 5.11 Å². The van der Waals surface area contributed by atoms with Gasteiger partial charge in [-0.3, -0.25) is 0 Å². The summed E-state index contributed by atoms with van der Waals surface area (Å²) in [5.41, 5.74) is 9.00. The molecule has 2 aromatic rings. The molecule has 0 aliphatic rings. The Morgan fingerprint density at radius 1 is 1.11 bits per heavy atom. The monoisotopic (exact) mass is 319 g/mol. The molecule has 2 atom stereocenters. The van der Waals surface area contributed by atoms with Gasteiger partial charge in [0.25, 0.3) is 0 Å². The summed E-state index contributed by atoms with van der Waals surface area (Å²) in [6.45, 7) is 2.46. The van der Waals surface area contributed by atoms with E-state index >= 15 is 0 Å². The van der Waals surface area contributed by atoms with Gasteiger partial charge in [-0.1, -0.05) is 64.0 Å². The molecule has 2 aromatic carbocycles.